The molecule has 0 saturated carbocycles. The summed E-state index contributed by atoms with van der Waals surface area (Å²) < 4.78 is 41.0. The molecule has 2 rings (SSSR count). The van der Waals surface area contributed by atoms with Gasteiger partial charge in [-0.05, 0) is 25.8 Å². The molecule has 2 heterocycles. The van der Waals surface area contributed by atoms with E-state index in [1.165, 1.54) is 24.7 Å². The lowest BCUT2D eigenvalue weighted by atomic mass is 9.97. The summed E-state index contributed by atoms with van der Waals surface area (Å²) in [5.41, 5.74) is 0.648. The second-order valence-electron chi connectivity index (χ2n) is 5.78. The van der Waals surface area contributed by atoms with Crippen LogP contribution in [-0.2, 0) is 11.8 Å². The first-order valence-electron chi connectivity index (χ1n) is 7.25. The summed E-state index contributed by atoms with van der Waals surface area (Å²) in [6.07, 6.45) is -4.57. The average Bonchev–Trinajstić information content (AvgIpc) is 2.74. The molecule has 128 valence electrons. The molecule has 0 radical (unpaired) electrons. The number of amides is 2. The summed E-state index contributed by atoms with van der Waals surface area (Å²) >= 11 is 0. The van der Waals surface area contributed by atoms with Crippen LogP contribution >= 0.6 is 0 Å². The van der Waals surface area contributed by atoms with Crippen LogP contribution in [0.15, 0.2) is 6.07 Å². The third-order valence-electron chi connectivity index (χ3n) is 3.85. The molecule has 23 heavy (non-hydrogen) atoms. The number of aryl methyl sites for hydroxylation is 2. The normalized spacial score (nSPS) is 22.1. The molecule has 0 aromatic carbocycles. The van der Waals surface area contributed by atoms with Gasteiger partial charge in [0.05, 0.1) is 5.69 Å². The van der Waals surface area contributed by atoms with Gasteiger partial charge in [0.2, 0.25) is 5.91 Å². The van der Waals surface area contributed by atoms with E-state index in [1.807, 2.05) is 0 Å². The zero-order chi connectivity index (χ0) is 17.4. The minimum Gasteiger partial charge on any atom is -0.352 e. The molecule has 2 atom stereocenters. The molecule has 0 bridgehead atoms. The number of rotatable bonds is 2. The number of carbonyl (C=O) groups is 2. The third kappa shape index (κ3) is 3.83. The Balaban J connectivity index is 2.29. The molecule has 6 nitrogen and oxygen atoms in total. The number of piperidine rings is 1. The zero-order valence-corrected chi connectivity index (χ0v) is 13.1. The van der Waals surface area contributed by atoms with Crippen molar-refractivity contribution in [1.29, 1.82) is 0 Å². The van der Waals surface area contributed by atoms with Gasteiger partial charge in [-0.3, -0.25) is 14.3 Å². The Kier molecular flexibility index (Phi) is 4.67. The summed E-state index contributed by atoms with van der Waals surface area (Å²) in [5, 5.41) is 6.59. The van der Waals surface area contributed by atoms with Crippen LogP contribution in [0.1, 0.15) is 35.9 Å². The number of halogens is 3. The van der Waals surface area contributed by atoms with E-state index in [0.29, 0.717) is 5.69 Å². The lowest BCUT2D eigenvalue weighted by molar-refractivity contribution is -0.184. The van der Waals surface area contributed by atoms with Crippen molar-refractivity contribution in [2.75, 3.05) is 6.54 Å². The minimum atomic E-state index is -4.51. The topological polar surface area (TPSA) is 67.2 Å². The van der Waals surface area contributed by atoms with E-state index in [-0.39, 0.29) is 31.0 Å². The summed E-state index contributed by atoms with van der Waals surface area (Å²) in [4.78, 5) is 24.5. The average molecular weight is 332 g/mol. The van der Waals surface area contributed by atoms with Crippen LogP contribution in [0.5, 0.6) is 0 Å². The van der Waals surface area contributed by atoms with E-state index >= 15 is 0 Å². The summed E-state index contributed by atoms with van der Waals surface area (Å²) in [7, 11) is 1.51. The maximum atomic E-state index is 13.3. The molecule has 1 N–H and O–H groups in total. The predicted molar refractivity (Wildman–Crippen MR) is 75.7 cm³/mol. The third-order valence-corrected chi connectivity index (χ3v) is 3.85. The molecule has 1 aliphatic rings. The maximum absolute atomic E-state index is 13.3. The first-order valence-corrected chi connectivity index (χ1v) is 7.25. The Labute approximate surface area is 131 Å². The largest absolute Gasteiger partial charge is 0.408 e. The molecule has 9 heteroatoms. The molecule has 2 amide bonds. The van der Waals surface area contributed by atoms with Crippen molar-refractivity contribution in [1.82, 2.24) is 20.0 Å². The van der Waals surface area contributed by atoms with Crippen molar-refractivity contribution < 1.29 is 22.8 Å². The van der Waals surface area contributed by atoms with E-state index in [1.54, 1.807) is 6.92 Å². The van der Waals surface area contributed by atoms with Crippen molar-refractivity contribution in [3.63, 3.8) is 0 Å². The fraction of sp³-hybridized carbons (Fsp3) is 0.643. The van der Waals surface area contributed by atoms with Crippen molar-refractivity contribution in [3.8, 4) is 0 Å². The van der Waals surface area contributed by atoms with Gasteiger partial charge in [0.1, 0.15) is 11.7 Å². The fourth-order valence-electron chi connectivity index (χ4n) is 2.90. The highest BCUT2D eigenvalue weighted by molar-refractivity contribution is 5.93. The van der Waals surface area contributed by atoms with E-state index in [9.17, 15) is 22.8 Å². The van der Waals surface area contributed by atoms with Gasteiger partial charge in [0.15, 0.2) is 0 Å². The number of carbonyl (C=O) groups excluding carboxylic acids is 2. The fourth-order valence-corrected chi connectivity index (χ4v) is 2.90. The number of likely N-dealkylation sites (tertiary alicyclic amines) is 1. The standard InChI is InChI=1S/C14H19F3N4O2/c1-8-6-11(20(3)19-8)13(23)21-7-10(18-9(2)22)4-5-12(21)14(15,16)17/h6,10,12H,4-5,7H2,1-3H3,(H,18,22)/t10-,12+/m0/s1. The predicted octanol–water partition coefficient (Wildman–Crippen LogP) is 1.40. The molecule has 0 spiro atoms. The molecular weight excluding hydrogens is 313 g/mol. The smallest absolute Gasteiger partial charge is 0.352 e. The van der Waals surface area contributed by atoms with Gasteiger partial charge < -0.3 is 10.2 Å². The molecule has 0 aliphatic carbocycles. The Morgan fingerprint density at radius 1 is 1.35 bits per heavy atom. The van der Waals surface area contributed by atoms with Crippen LogP contribution in [0.25, 0.3) is 0 Å². The van der Waals surface area contributed by atoms with Crippen LogP contribution in [0.2, 0.25) is 0 Å². The van der Waals surface area contributed by atoms with Crippen molar-refractivity contribution in [2.45, 2.75) is 44.9 Å². The van der Waals surface area contributed by atoms with Crippen LogP contribution < -0.4 is 5.32 Å². The number of nitrogens with one attached hydrogen (secondary N) is 1. The second-order valence-corrected chi connectivity index (χ2v) is 5.78. The molecule has 1 saturated heterocycles. The molecule has 1 aliphatic heterocycles. The van der Waals surface area contributed by atoms with Gasteiger partial charge in [0, 0.05) is 26.6 Å². The van der Waals surface area contributed by atoms with Gasteiger partial charge in [-0.2, -0.15) is 18.3 Å². The van der Waals surface area contributed by atoms with E-state index in [2.05, 4.69) is 10.4 Å². The Morgan fingerprint density at radius 3 is 2.48 bits per heavy atom. The highest BCUT2D eigenvalue weighted by atomic mass is 19.4. The Bertz CT molecular complexity index is 612. The molecule has 1 aromatic rings. The van der Waals surface area contributed by atoms with E-state index in [4.69, 9.17) is 0 Å². The summed E-state index contributed by atoms with van der Waals surface area (Å²) in [6.45, 7) is 2.79. The number of hydrogen-bond donors (Lipinski definition) is 1. The SMILES string of the molecule is CC(=O)N[C@H]1CC[C@H](C(F)(F)F)N(C(=O)c2cc(C)nn2C)C1. The van der Waals surface area contributed by atoms with Crippen LogP contribution in [-0.4, -0.2) is 51.3 Å². The molecule has 1 aromatic heterocycles. The molecule has 1 fully saturated rings. The number of alkyl halides is 3. The van der Waals surface area contributed by atoms with Crippen LogP contribution in [0.3, 0.4) is 0 Å². The number of nitrogens with zero attached hydrogens (tertiary/aromatic N) is 3. The van der Waals surface area contributed by atoms with E-state index in [0.717, 1.165) is 4.90 Å². The highest BCUT2D eigenvalue weighted by Gasteiger charge is 2.48. The lowest BCUT2D eigenvalue weighted by Gasteiger charge is -2.40. The first-order chi connectivity index (χ1) is 10.6. The monoisotopic (exact) mass is 332 g/mol. The van der Waals surface area contributed by atoms with Gasteiger partial charge >= 0.3 is 6.18 Å². The van der Waals surface area contributed by atoms with Crippen LogP contribution in [0.4, 0.5) is 13.2 Å². The summed E-state index contributed by atoms with van der Waals surface area (Å²) in [6, 6.07) is -0.878. The van der Waals surface area contributed by atoms with Crippen molar-refractivity contribution in [2.24, 2.45) is 7.05 Å². The van der Waals surface area contributed by atoms with Gasteiger partial charge in [-0.1, -0.05) is 0 Å². The highest BCUT2D eigenvalue weighted by Crippen LogP contribution is 2.33. The lowest BCUT2D eigenvalue weighted by Crippen LogP contribution is -2.58. The number of hydrogen-bond acceptors (Lipinski definition) is 3. The van der Waals surface area contributed by atoms with E-state index < -0.39 is 24.2 Å². The zero-order valence-electron chi connectivity index (χ0n) is 13.1. The Morgan fingerprint density at radius 2 is 2.00 bits per heavy atom. The quantitative estimate of drug-likeness (QED) is 0.890. The maximum Gasteiger partial charge on any atom is 0.408 e. The van der Waals surface area contributed by atoms with Gasteiger partial charge in [-0.25, -0.2) is 0 Å². The van der Waals surface area contributed by atoms with Crippen molar-refractivity contribution >= 4 is 11.8 Å². The number of aromatic nitrogens is 2. The summed E-state index contributed by atoms with van der Waals surface area (Å²) in [5.74, 6) is -1.06. The molecular formula is C14H19F3N4O2. The first kappa shape index (κ1) is 17.3. The van der Waals surface area contributed by atoms with Crippen LogP contribution in [0, 0.1) is 6.92 Å². The van der Waals surface area contributed by atoms with Gasteiger partial charge in [-0.15, -0.1) is 0 Å². The van der Waals surface area contributed by atoms with Crippen molar-refractivity contribution in [3.05, 3.63) is 17.5 Å². The molecule has 0 unspecified atom stereocenters. The second kappa shape index (κ2) is 6.21. The van der Waals surface area contributed by atoms with Gasteiger partial charge in [0.25, 0.3) is 5.91 Å². The Hall–Kier alpha value is -2.06. The minimum absolute atomic E-state index is 0.0974.